The Bertz CT molecular complexity index is 794. The summed E-state index contributed by atoms with van der Waals surface area (Å²) in [5.41, 5.74) is 3.62. The molecule has 0 unspecified atom stereocenters. The molecule has 24 heavy (non-hydrogen) atoms. The molecule has 1 aromatic carbocycles. The summed E-state index contributed by atoms with van der Waals surface area (Å²) in [6.45, 7) is 4.21. The number of furan rings is 1. The Labute approximate surface area is 139 Å². The molecule has 2 aromatic rings. The normalized spacial score (nSPS) is 21.2. The number of rotatable bonds is 3. The number of carbonyl (C=O) groups excluding carboxylic acids is 1. The molecule has 1 aliphatic heterocycles. The van der Waals surface area contributed by atoms with Crippen LogP contribution in [0.15, 0.2) is 22.8 Å². The lowest BCUT2D eigenvalue weighted by Gasteiger charge is -2.35. The van der Waals surface area contributed by atoms with Crippen LogP contribution in [0.1, 0.15) is 29.5 Å². The molecule has 1 fully saturated rings. The van der Waals surface area contributed by atoms with Gasteiger partial charge in [-0.3, -0.25) is 4.79 Å². The van der Waals surface area contributed by atoms with Crippen LogP contribution in [-0.4, -0.2) is 45.7 Å². The molecular formula is C18H21NO5. The minimum atomic E-state index is -1.08. The number of aliphatic hydroxyl groups is 1. The van der Waals surface area contributed by atoms with Gasteiger partial charge in [-0.1, -0.05) is 6.07 Å². The third-order valence-corrected chi connectivity index (χ3v) is 4.61. The van der Waals surface area contributed by atoms with Crippen molar-refractivity contribution >= 4 is 22.8 Å². The molecule has 1 saturated heterocycles. The van der Waals surface area contributed by atoms with Gasteiger partial charge >= 0.3 is 5.97 Å². The number of likely N-dealkylation sites (tertiary alicyclic amines) is 1. The highest BCUT2D eigenvalue weighted by molar-refractivity contribution is 5.91. The van der Waals surface area contributed by atoms with Crippen molar-refractivity contribution in [2.45, 2.75) is 45.3 Å². The van der Waals surface area contributed by atoms with Crippen molar-refractivity contribution in [1.29, 1.82) is 0 Å². The maximum Gasteiger partial charge on any atom is 0.326 e. The van der Waals surface area contributed by atoms with E-state index in [4.69, 9.17) is 4.42 Å². The van der Waals surface area contributed by atoms with E-state index in [1.54, 1.807) is 6.26 Å². The molecule has 0 aliphatic carbocycles. The molecule has 0 bridgehead atoms. The molecule has 128 valence electrons. The fraction of sp³-hybridized carbons (Fsp3) is 0.444. The number of benzene rings is 1. The fourth-order valence-corrected chi connectivity index (χ4v) is 3.50. The van der Waals surface area contributed by atoms with E-state index in [0.717, 1.165) is 27.7 Å². The topological polar surface area (TPSA) is 91.0 Å². The third kappa shape index (κ3) is 3.01. The summed E-state index contributed by atoms with van der Waals surface area (Å²) in [7, 11) is 0. The van der Waals surface area contributed by atoms with Crippen LogP contribution in [0.4, 0.5) is 0 Å². The van der Waals surface area contributed by atoms with Crippen LogP contribution in [0.5, 0.6) is 0 Å². The van der Waals surface area contributed by atoms with E-state index in [1.165, 1.54) is 4.90 Å². The summed E-state index contributed by atoms with van der Waals surface area (Å²) in [5.74, 6) is -1.33. The van der Waals surface area contributed by atoms with Gasteiger partial charge in [-0.05, 0) is 37.5 Å². The van der Waals surface area contributed by atoms with Gasteiger partial charge in [0.05, 0.1) is 18.8 Å². The minimum absolute atomic E-state index is 0.0748. The molecule has 2 atom stereocenters. The molecule has 1 aliphatic rings. The summed E-state index contributed by atoms with van der Waals surface area (Å²) in [6, 6.07) is 2.99. The standard InChI is InChI=1S/C18H21NO5/c1-10-5-11(2)17-12(9-24-15(17)6-10)7-16(21)19-4-3-13(20)8-14(19)18(22)23/h5-6,9,13-14,20H,3-4,7-8H2,1-2H3,(H,22,23)/t13-,14+/m0/s1. The smallest absolute Gasteiger partial charge is 0.326 e. The second-order valence-corrected chi connectivity index (χ2v) is 6.51. The number of aliphatic carboxylic acids is 1. The SMILES string of the molecule is Cc1cc(C)c2c(CC(=O)N3CC[C@H](O)C[C@@H]3C(=O)O)coc2c1. The van der Waals surface area contributed by atoms with Crippen LogP contribution in [0.3, 0.4) is 0 Å². The van der Waals surface area contributed by atoms with E-state index in [0.29, 0.717) is 6.42 Å². The zero-order valence-corrected chi connectivity index (χ0v) is 13.8. The first-order chi connectivity index (χ1) is 11.4. The van der Waals surface area contributed by atoms with Crippen molar-refractivity contribution in [3.63, 3.8) is 0 Å². The van der Waals surface area contributed by atoms with Gasteiger partial charge < -0.3 is 19.5 Å². The van der Waals surface area contributed by atoms with Gasteiger partial charge in [0.25, 0.3) is 0 Å². The zero-order valence-electron chi connectivity index (χ0n) is 13.8. The third-order valence-electron chi connectivity index (χ3n) is 4.61. The molecule has 6 heteroatoms. The van der Waals surface area contributed by atoms with Crippen molar-refractivity contribution in [2.24, 2.45) is 0 Å². The molecule has 2 N–H and O–H groups in total. The van der Waals surface area contributed by atoms with Gasteiger partial charge in [0, 0.05) is 23.9 Å². The van der Waals surface area contributed by atoms with Crippen molar-refractivity contribution in [3.05, 3.63) is 35.1 Å². The number of hydrogen-bond donors (Lipinski definition) is 2. The average molecular weight is 331 g/mol. The number of piperidine rings is 1. The Morgan fingerprint density at radius 3 is 2.79 bits per heavy atom. The summed E-state index contributed by atoms with van der Waals surface area (Å²) in [6.07, 6.45) is 1.47. The Morgan fingerprint density at radius 2 is 2.08 bits per heavy atom. The van der Waals surface area contributed by atoms with Crippen LogP contribution < -0.4 is 0 Å². The number of carbonyl (C=O) groups is 2. The van der Waals surface area contributed by atoms with E-state index in [-0.39, 0.29) is 25.3 Å². The average Bonchev–Trinajstić information content (AvgIpc) is 2.89. The summed E-state index contributed by atoms with van der Waals surface area (Å²) in [5, 5.41) is 19.9. The molecular weight excluding hydrogens is 310 g/mol. The molecule has 0 saturated carbocycles. The van der Waals surface area contributed by atoms with Crippen molar-refractivity contribution < 1.29 is 24.2 Å². The van der Waals surface area contributed by atoms with Gasteiger partial charge in [-0.25, -0.2) is 4.79 Å². The van der Waals surface area contributed by atoms with Gasteiger partial charge in [0.1, 0.15) is 11.6 Å². The van der Waals surface area contributed by atoms with E-state index < -0.39 is 18.1 Å². The molecule has 3 rings (SSSR count). The largest absolute Gasteiger partial charge is 0.480 e. The fourth-order valence-electron chi connectivity index (χ4n) is 3.50. The highest BCUT2D eigenvalue weighted by Crippen LogP contribution is 2.28. The van der Waals surface area contributed by atoms with E-state index >= 15 is 0 Å². The van der Waals surface area contributed by atoms with Crippen LogP contribution >= 0.6 is 0 Å². The second-order valence-electron chi connectivity index (χ2n) is 6.51. The predicted octanol–water partition coefficient (Wildman–Crippen LogP) is 2.03. The quantitative estimate of drug-likeness (QED) is 0.898. The van der Waals surface area contributed by atoms with Gasteiger partial charge in [0.15, 0.2) is 0 Å². The first-order valence-electron chi connectivity index (χ1n) is 8.04. The second kappa shape index (κ2) is 6.28. The van der Waals surface area contributed by atoms with Gasteiger partial charge in [-0.2, -0.15) is 0 Å². The number of aryl methyl sites for hydroxylation is 2. The lowest BCUT2D eigenvalue weighted by atomic mass is 9.97. The highest BCUT2D eigenvalue weighted by atomic mass is 16.4. The molecule has 6 nitrogen and oxygen atoms in total. The van der Waals surface area contributed by atoms with Crippen molar-refractivity contribution in [2.75, 3.05) is 6.54 Å². The maximum absolute atomic E-state index is 12.6. The van der Waals surface area contributed by atoms with Crippen LogP contribution in [-0.2, 0) is 16.0 Å². The maximum atomic E-state index is 12.6. The van der Waals surface area contributed by atoms with Crippen molar-refractivity contribution in [1.82, 2.24) is 4.90 Å². The number of nitrogens with zero attached hydrogens (tertiary/aromatic N) is 1. The van der Waals surface area contributed by atoms with Gasteiger partial charge in [0.2, 0.25) is 5.91 Å². The van der Waals surface area contributed by atoms with Crippen LogP contribution in [0.2, 0.25) is 0 Å². The zero-order chi connectivity index (χ0) is 17.4. The molecule has 1 amide bonds. The van der Waals surface area contributed by atoms with E-state index in [1.807, 2.05) is 26.0 Å². The summed E-state index contributed by atoms with van der Waals surface area (Å²) < 4.78 is 5.56. The molecule has 2 heterocycles. The minimum Gasteiger partial charge on any atom is -0.480 e. The Kier molecular flexibility index (Phi) is 4.32. The van der Waals surface area contributed by atoms with Crippen LogP contribution in [0, 0.1) is 13.8 Å². The molecule has 1 aromatic heterocycles. The van der Waals surface area contributed by atoms with E-state index in [9.17, 15) is 19.8 Å². The number of aliphatic hydroxyl groups excluding tert-OH is 1. The monoisotopic (exact) mass is 331 g/mol. The first kappa shape index (κ1) is 16.5. The number of hydrogen-bond acceptors (Lipinski definition) is 4. The number of carboxylic acid groups (broad SMARTS) is 1. The van der Waals surface area contributed by atoms with Gasteiger partial charge in [-0.15, -0.1) is 0 Å². The number of fused-ring (bicyclic) bond motifs is 1. The first-order valence-corrected chi connectivity index (χ1v) is 8.04. The Balaban J connectivity index is 1.85. The molecule has 0 spiro atoms. The highest BCUT2D eigenvalue weighted by Gasteiger charge is 2.35. The summed E-state index contributed by atoms with van der Waals surface area (Å²) in [4.78, 5) is 25.4. The number of amides is 1. The molecule has 0 radical (unpaired) electrons. The summed E-state index contributed by atoms with van der Waals surface area (Å²) >= 11 is 0. The lowest BCUT2D eigenvalue weighted by molar-refractivity contribution is -0.154. The Hall–Kier alpha value is -2.34. The van der Waals surface area contributed by atoms with E-state index in [2.05, 4.69) is 0 Å². The Morgan fingerprint density at radius 1 is 1.33 bits per heavy atom. The predicted molar refractivity (Wildman–Crippen MR) is 87.8 cm³/mol. The van der Waals surface area contributed by atoms with Crippen LogP contribution in [0.25, 0.3) is 11.0 Å². The lowest BCUT2D eigenvalue weighted by Crippen LogP contribution is -2.51. The number of carboxylic acids is 1. The van der Waals surface area contributed by atoms with Crippen molar-refractivity contribution in [3.8, 4) is 0 Å².